The highest BCUT2D eigenvalue weighted by atomic mass is 16.3. The van der Waals surface area contributed by atoms with E-state index in [4.69, 9.17) is 6.42 Å². The van der Waals surface area contributed by atoms with Gasteiger partial charge in [-0.1, -0.05) is 48.5 Å². The van der Waals surface area contributed by atoms with E-state index in [2.05, 4.69) is 30.2 Å². The summed E-state index contributed by atoms with van der Waals surface area (Å²) in [5.41, 5.74) is 3.57. The largest absolute Gasteiger partial charge is 0.872 e. The number of terminal acetylenes is 1. The normalized spacial score (nSPS) is 10.1. The highest BCUT2D eigenvalue weighted by Gasteiger charge is 1.99. The van der Waals surface area contributed by atoms with Crippen LogP contribution in [0.3, 0.4) is 0 Å². The summed E-state index contributed by atoms with van der Waals surface area (Å²) in [6, 6.07) is 15.4. The van der Waals surface area contributed by atoms with Crippen molar-refractivity contribution in [2.75, 3.05) is 0 Å². The molecule has 0 unspecified atom stereocenters. The maximum atomic E-state index is 11.1. The molecule has 96 valence electrons. The molecular weight excluding hydrogens is 232 g/mol. The van der Waals surface area contributed by atoms with Crippen LogP contribution in [0.25, 0.3) is 11.1 Å². The lowest BCUT2D eigenvalue weighted by Gasteiger charge is -2.08. The molecule has 0 spiro atoms. The number of unbranched alkanes of at least 4 members (excludes halogenated alkanes) is 2. The molecule has 0 fully saturated rings. The van der Waals surface area contributed by atoms with Gasteiger partial charge in [0, 0.05) is 6.42 Å². The minimum absolute atomic E-state index is 0.0502. The average Bonchev–Trinajstić information content (AvgIpc) is 2.45. The molecule has 2 aromatic carbocycles. The van der Waals surface area contributed by atoms with Crippen LogP contribution in [-0.2, 0) is 6.42 Å². The summed E-state index contributed by atoms with van der Waals surface area (Å²) in [5, 5.41) is 11.1. The zero-order valence-corrected chi connectivity index (χ0v) is 10.9. The second kappa shape index (κ2) is 6.66. The first kappa shape index (κ1) is 13.2. The Morgan fingerprint density at radius 1 is 0.947 bits per heavy atom. The molecule has 1 nitrogen and oxygen atoms in total. The van der Waals surface area contributed by atoms with Crippen molar-refractivity contribution in [3.8, 4) is 29.2 Å². The smallest absolute Gasteiger partial charge is 0.00861 e. The van der Waals surface area contributed by atoms with Crippen LogP contribution in [0, 0.1) is 12.3 Å². The maximum Gasteiger partial charge on any atom is 0.00861 e. The highest BCUT2D eigenvalue weighted by Crippen LogP contribution is 2.22. The van der Waals surface area contributed by atoms with Crippen molar-refractivity contribution in [3.63, 3.8) is 0 Å². The van der Waals surface area contributed by atoms with E-state index in [0.29, 0.717) is 0 Å². The summed E-state index contributed by atoms with van der Waals surface area (Å²) in [7, 11) is 0. The zero-order valence-electron chi connectivity index (χ0n) is 10.9. The van der Waals surface area contributed by atoms with Crippen molar-refractivity contribution in [2.45, 2.75) is 25.7 Å². The first-order valence-electron chi connectivity index (χ1n) is 6.59. The van der Waals surface area contributed by atoms with Gasteiger partial charge in [0.05, 0.1) is 0 Å². The molecule has 2 aromatic rings. The molecule has 1 heteroatoms. The van der Waals surface area contributed by atoms with Crippen LogP contribution in [0.5, 0.6) is 5.75 Å². The third kappa shape index (κ3) is 3.89. The molecule has 2 rings (SSSR count). The predicted octanol–water partition coefficient (Wildman–Crippen LogP) is 3.77. The van der Waals surface area contributed by atoms with Crippen molar-refractivity contribution in [1.29, 1.82) is 0 Å². The van der Waals surface area contributed by atoms with Crippen LogP contribution in [0.15, 0.2) is 48.5 Å². The van der Waals surface area contributed by atoms with Crippen LogP contribution < -0.4 is 5.11 Å². The molecule has 0 aliphatic carbocycles. The Morgan fingerprint density at radius 3 is 2.47 bits per heavy atom. The molecule has 0 bridgehead atoms. The molecular formula is C18H17O-. The molecule has 0 aliphatic rings. The van der Waals surface area contributed by atoms with Crippen molar-refractivity contribution in [3.05, 3.63) is 54.1 Å². The van der Waals surface area contributed by atoms with Crippen LogP contribution in [0.1, 0.15) is 24.8 Å². The summed E-state index contributed by atoms with van der Waals surface area (Å²) < 4.78 is 0. The van der Waals surface area contributed by atoms with E-state index in [0.717, 1.165) is 36.8 Å². The molecule has 0 amide bonds. The number of aryl methyl sites for hydroxylation is 1. The Kier molecular flexibility index (Phi) is 4.64. The predicted molar refractivity (Wildman–Crippen MR) is 77.7 cm³/mol. The summed E-state index contributed by atoms with van der Waals surface area (Å²) in [6.07, 6.45) is 9.34. The third-order valence-corrected chi connectivity index (χ3v) is 3.15. The highest BCUT2D eigenvalue weighted by molar-refractivity contribution is 5.64. The fraction of sp³-hybridized carbons (Fsp3) is 0.222. The van der Waals surface area contributed by atoms with Gasteiger partial charge in [-0.15, -0.1) is 18.1 Å². The Balaban J connectivity index is 2.07. The lowest BCUT2D eigenvalue weighted by molar-refractivity contribution is -0.268. The van der Waals surface area contributed by atoms with Crippen LogP contribution >= 0.6 is 0 Å². The van der Waals surface area contributed by atoms with Crippen molar-refractivity contribution in [1.82, 2.24) is 0 Å². The van der Waals surface area contributed by atoms with Crippen molar-refractivity contribution < 1.29 is 5.11 Å². The van der Waals surface area contributed by atoms with Gasteiger partial charge in [0.15, 0.2) is 0 Å². The van der Waals surface area contributed by atoms with Gasteiger partial charge < -0.3 is 5.11 Å². The molecule has 0 heterocycles. The quantitative estimate of drug-likeness (QED) is 0.584. The fourth-order valence-electron chi connectivity index (χ4n) is 2.11. The Bertz CT molecular complexity index is 561. The second-order valence-electron chi connectivity index (χ2n) is 4.64. The Labute approximate surface area is 114 Å². The minimum atomic E-state index is 0.0502. The topological polar surface area (TPSA) is 23.1 Å². The molecule has 0 radical (unpaired) electrons. The Hall–Kier alpha value is -2.20. The molecule has 19 heavy (non-hydrogen) atoms. The van der Waals surface area contributed by atoms with E-state index < -0.39 is 0 Å². The fourth-order valence-corrected chi connectivity index (χ4v) is 2.11. The number of rotatable bonds is 5. The van der Waals surface area contributed by atoms with Crippen LogP contribution in [0.2, 0.25) is 0 Å². The van der Waals surface area contributed by atoms with E-state index in [1.165, 1.54) is 5.56 Å². The lowest BCUT2D eigenvalue weighted by Crippen LogP contribution is -1.89. The van der Waals surface area contributed by atoms with Gasteiger partial charge in [-0.3, -0.25) is 0 Å². The molecule has 0 saturated heterocycles. The average molecular weight is 249 g/mol. The van der Waals surface area contributed by atoms with Gasteiger partial charge in [-0.05, 0) is 36.0 Å². The van der Waals surface area contributed by atoms with E-state index in [1.807, 2.05) is 12.1 Å². The third-order valence-electron chi connectivity index (χ3n) is 3.15. The van der Waals surface area contributed by atoms with Gasteiger partial charge >= 0.3 is 0 Å². The summed E-state index contributed by atoms with van der Waals surface area (Å²) in [5.74, 6) is 2.72. The van der Waals surface area contributed by atoms with E-state index >= 15 is 0 Å². The van der Waals surface area contributed by atoms with Crippen LogP contribution in [-0.4, -0.2) is 0 Å². The van der Waals surface area contributed by atoms with E-state index in [9.17, 15) is 5.11 Å². The molecule has 0 saturated carbocycles. The zero-order chi connectivity index (χ0) is 13.5. The van der Waals surface area contributed by atoms with Gasteiger partial charge in [-0.25, -0.2) is 0 Å². The monoisotopic (exact) mass is 249 g/mol. The van der Waals surface area contributed by atoms with Crippen LogP contribution in [0.4, 0.5) is 0 Å². The number of hydrogen-bond donors (Lipinski definition) is 0. The van der Waals surface area contributed by atoms with Crippen molar-refractivity contribution >= 4 is 0 Å². The molecule has 0 aromatic heterocycles. The number of benzene rings is 2. The SMILES string of the molecule is C#CCCCCc1cccc(-c2ccc([O-])cc2)c1. The Morgan fingerprint density at radius 2 is 1.74 bits per heavy atom. The lowest BCUT2D eigenvalue weighted by atomic mass is 10.00. The maximum absolute atomic E-state index is 11.1. The molecule has 0 atom stereocenters. The minimum Gasteiger partial charge on any atom is -0.872 e. The number of hydrogen-bond acceptors (Lipinski definition) is 1. The van der Waals surface area contributed by atoms with E-state index in [-0.39, 0.29) is 5.75 Å². The summed E-state index contributed by atoms with van der Waals surface area (Å²) in [6.45, 7) is 0. The summed E-state index contributed by atoms with van der Waals surface area (Å²) >= 11 is 0. The van der Waals surface area contributed by atoms with Crippen molar-refractivity contribution in [2.24, 2.45) is 0 Å². The summed E-state index contributed by atoms with van der Waals surface area (Å²) in [4.78, 5) is 0. The standard InChI is InChI=1S/C18H18O/c1-2-3-4-5-7-15-8-6-9-17(14-15)16-10-12-18(19)13-11-16/h1,6,8-14,19H,3-5,7H2/p-1. The first-order valence-corrected chi connectivity index (χ1v) is 6.59. The van der Waals surface area contributed by atoms with Gasteiger partial charge in [0.1, 0.15) is 0 Å². The second-order valence-corrected chi connectivity index (χ2v) is 4.64. The first-order chi connectivity index (χ1) is 9.29. The van der Waals surface area contributed by atoms with E-state index in [1.54, 1.807) is 12.1 Å². The van der Waals surface area contributed by atoms with Gasteiger partial charge in [0.25, 0.3) is 0 Å². The van der Waals surface area contributed by atoms with Gasteiger partial charge in [0.2, 0.25) is 0 Å². The van der Waals surface area contributed by atoms with Gasteiger partial charge in [-0.2, -0.15) is 0 Å². The molecule has 0 N–H and O–H groups in total. The molecule has 0 aliphatic heterocycles.